The Morgan fingerprint density at radius 2 is 1.56 bits per heavy atom. The van der Waals surface area contributed by atoms with Gasteiger partial charge in [0.2, 0.25) is 0 Å². The monoisotopic (exact) mass is 446 g/mol. The first-order valence-electron chi connectivity index (χ1n) is 14.0. The Labute approximate surface area is 195 Å². The van der Waals surface area contributed by atoms with Crippen molar-refractivity contribution in [2.75, 3.05) is 13.2 Å². The van der Waals surface area contributed by atoms with Gasteiger partial charge in [0.05, 0.1) is 13.2 Å². The van der Waals surface area contributed by atoms with Crippen molar-refractivity contribution in [3.05, 3.63) is 0 Å². The van der Waals surface area contributed by atoms with Gasteiger partial charge in [0.1, 0.15) is 6.10 Å². The zero-order valence-electron chi connectivity index (χ0n) is 20.7. The molecule has 5 aliphatic carbocycles. The minimum atomic E-state index is -0.630. The molecule has 1 spiro atoms. The third kappa shape index (κ3) is 3.37. The molecule has 6 aliphatic rings. The van der Waals surface area contributed by atoms with E-state index in [0.717, 1.165) is 66.1 Å². The molecule has 0 aromatic carbocycles. The lowest BCUT2D eigenvalue weighted by molar-refractivity contribution is -0.208. The molecule has 4 heteroatoms. The first-order valence-corrected chi connectivity index (χ1v) is 14.0. The van der Waals surface area contributed by atoms with E-state index in [2.05, 4.69) is 27.7 Å². The molecule has 0 amide bonds. The van der Waals surface area contributed by atoms with Crippen molar-refractivity contribution >= 4 is 0 Å². The quantitative estimate of drug-likeness (QED) is 0.433. The standard InChI is InChI=1S/C28H46O4/c1-15(2)23-21-12-22(24(23)16(3)4)26-19-10-17(25(21)26)11-20(19)27(29)30-13-18-14-31-28(32-18)8-6-5-7-9-28/h15-27,29H,5-14H2,1-4H3. The summed E-state index contributed by atoms with van der Waals surface area (Å²) in [6, 6.07) is 0. The first-order chi connectivity index (χ1) is 15.4. The molecule has 0 radical (unpaired) electrons. The van der Waals surface area contributed by atoms with Gasteiger partial charge in [-0.2, -0.15) is 0 Å². The summed E-state index contributed by atoms with van der Waals surface area (Å²) in [5.74, 6) is 8.50. The summed E-state index contributed by atoms with van der Waals surface area (Å²) in [6.45, 7) is 10.9. The number of rotatable bonds is 6. The van der Waals surface area contributed by atoms with Crippen molar-refractivity contribution in [2.24, 2.45) is 65.1 Å². The predicted molar refractivity (Wildman–Crippen MR) is 124 cm³/mol. The van der Waals surface area contributed by atoms with E-state index in [1.54, 1.807) is 0 Å². The summed E-state index contributed by atoms with van der Waals surface area (Å²) in [4.78, 5) is 0. The van der Waals surface area contributed by atoms with Crippen LogP contribution in [-0.4, -0.2) is 36.5 Å². The maximum atomic E-state index is 11.1. The Kier molecular flexibility index (Phi) is 5.72. The smallest absolute Gasteiger partial charge is 0.169 e. The Morgan fingerprint density at radius 3 is 2.25 bits per heavy atom. The average Bonchev–Trinajstić information content (AvgIpc) is 3.56. The second-order valence-corrected chi connectivity index (χ2v) is 13.2. The number of hydrogen-bond donors (Lipinski definition) is 1. The number of aliphatic hydroxyl groups is 1. The molecule has 1 heterocycles. The molecule has 6 fully saturated rings. The van der Waals surface area contributed by atoms with Gasteiger partial charge < -0.3 is 19.3 Å². The van der Waals surface area contributed by atoms with E-state index in [1.165, 1.54) is 38.5 Å². The highest BCUT2D eigenvalue weighted by atomic mass is 16.8. The molecular weight excluding hydrogens is 400 g/mol. The minimum absolute atomic E-state index is 0.0197. The maximum absolute atomic E-state index is 11.1. The molecule has 182 valence electrons. The number of fused-ring (bicyclic) bond motifs is 9. The Balaban J connectivity index is 1.08. The molecule has 6 rings (SSSR count). The van der Waals surface area contributed by atoms with Gasteiger partial charge in [-0.15, -0.1) is 0 Å². The molecule has 4 bridgehead atoms. The van der Waals surface area contributed by atoms with Crippen LogP contribution in [0.2, 0.25) is 0 Å². The lowest BCUT2D eigenvalue weighted by atomic mass is 9.57. The van der Waals surface area contributed by atoms with E-state index < -0.39 is 6.29 Å². The molecule has 1 aliphatic heterocycles. The second-order valence-electron chi connectivity index (χ2n) is 13.2. The molecule has 32 heavy (non-hydrogen) atoms. The third-order valence-electron chi connectivity index (χ3n) is 11.0. The van der Waals surface area contributed by atoms with Gasteiger partial charge in [0.25, 0.3) is 0 Å². The van der Waals surface area contributed by atoms with Crippen LogP contribution in [0.25, 0.3) is 0 Å². The van der Waals surface area contributed by atoms with E-state index in [1.807, 2.05) is 0 Å². The van der Waals surface area contributed by atoms with Crippen LogP contribution in [0, 0.1) is 65.1 Å². The summed E-state index contributed by atoms with van der Waals surface area (Å²) in [7, 11) is 0. The topological polar surface area (TPSA) is 47.9 Å². The second kappa shape index (κ2) is 8.21. The van der Waals surface area contributed by atoms with Crippen molar-refractivity contribution in [3.8, 4) is 0 Å². The van der Waals surface area contributed by atoms with E-state index >= 15 is 0 Å². The van der Waals surface area contributed by atoms with E-state index in [4.69, 9.17) is 14.2 Å². The minimum Gasteiger partial charge on any atom is -0.368 e. The summed E-state index contributed by atoms with van der Waals surface area (Å²) in [5, 5.41) is 11.1. The van der Waals surface area contributed by atoms with Gasteiger partial charge in [0.15, 0.2) is 12.1 Å². The van der Waals surface area contributed by atoms with Crippen molar-refractivity contribution in [3.63, 3.8) is 0 Å². The molecule has 11 atom stereocenters. The van der Waals surface area contributed by atoms with Gasteiger partial charge >= 0.3 is 0 Å². The highest BCUT2D eigenvalue weighted by Gasteiger charge is 2.68. The van der Waals surface area contributed by atoms with Crippen LogP contribution in [0.4, 0.5) is 0 Å². The van der Waals surface area contributed by atoms with Crippen LogP contribution in [0.3, 0.4) is 0 Å². The van der Waals surface area contributed by atoms with Crippen molar-refractivity contribution in [1.29, 1.82) is 0 Å². The third-order valence-corrected chi connectivity index (χ3v) is 11.0. The van der Waals surface area contributed by atoms with Crippen LogP contribution < -0.4 is 0 Å². The lowest BCUT2D eigenvalue weighted by Gasteiger charge is -2.48. The van der Waals surface area contributed by atoms with Crippen molar-refractivity contribution in [1.82, 2.24) is 0 Å². The largest absolute Gasteiger partial charge is 0.368 e. The van der Waals surface area contributed by atoms with E-state index in [9.17, 15) is 5.11 Å². The maximum Gasteiger partial charge on any atom is 0.169 e. The Morgan fingerprint density at radius 1 is 0.875 bits per heavy atom. The van der Waals surface area contributed by atoms with Crippen molar-refractivity contribution in [2.45, 2.75) is 97.2 Å². The van der Waals surface area contributed by atoms with Gasteiger partial charge in [0, 0.05) is 18.8 Å². The molecule has 0 aromatic rings. The zero-order chi connectivity index (χ0) is 22.2. The molecular formula is C28H46O4. The summed E-state index contributed by atoms with van der Waals surface area (Å²) < 4.78 is 18.5. The highest BCUT2D eigenvalue weighted by Crippen LogP contribution is 2.73. The molecule has 5 saturated carbocycles. The fourth-order valence-electron chi connectivity index (χ4n) is 10.4. The van der Waals surface area contributed by atoms with Crippen LogP contribution in [0.5, 0.6) is 0 Å². The van der Waals surface area contributed by atoms with Crippen molar-refractivity contribution < 1.29 is 19.3 Å². The van der Waals surface area contributed by atoms with Crippen LogP contribution in [0.15, 0.2) is 0 Å². The summed E-state index contributed by atoms with van der Waals surface area (Å²) >= 11 is 0. The summed E-state index contributed by atoms with van der Waals surface area (Å²) in [5.41, 5.74) is 0. The molecule has 4 nitrogen and oxygen atoms in total. The van der Waals surface area contributed by atoms with Crippen LogP contribution in [0.1, 0.15) is 79.1 Å². The Hall–Kier alpha value is -0.160. The lowest BCUT2D eigenvalue weighted by Crippen LogP contribution is -2.45. The molecule has 11 unspecified atom stereocenters. The molecule has 1 N–H and O–H groups in total. The van der Waals surface area contributed by atoms with Crippen LogP contribution >= 0.6 is 0 Å². The van der Waals surface area contributed by atoms with Gasteiger partial charge in [-0.1, -0.05) is 34.1 Å². The first kappa shape index (κ1) is 22.3. The van der Waals surface area contributed by atoms with E-state index in [0.29, 0.717) is 25.0 Å². The van der Waals surface area contributed by atoms with E-state index in [-0.39, 0.29) is 11.9 Å². The molecule has 1 saturated heterocycles. The fraction of sp³-hybridized carbons (Fsp3) is 1.00. The number of hydrogen-bond acceptors (Lipinski definition) is 4. The number of aliphatic hydroxyl groups excluding tert-OH is 1. The Bertz CT molecular complexity index is 685. The SMILES string of the molecule is CC(C)C1C2CC(C1C(C)C)C1C3CC(CC3C(O)OCC3COC4(CCCCC4)O3)C21. The van der Waals surface area contributed by atoms with Crippen LogP contribution in [-0.2, 0) is 14.2 Å². The van der Waals surface area contributed by atoms with Gasteiger partial charge in [-0.25, -0.2) is 0 Å². The average molecular weight is 447 g/mol. The van der Waals surface area contributed by atoms with Gasteiger partial charge in [-0.05, 0) is 91.3 Å². The summed E-state index contributed by atoms with van der Waals surface area (Å²) in [6.07, 6.45) is 9.04. The zero-order valence-corrected chi connectivity index (χ0v) is 20.7. The normalized spacial score (nSPS) is 49.6. The number of ether oxygens (including phenoxy) is 3. The molecule has 0 aromatic heterocycles. The predicted octanol–water partition coefficient (Wildman–Crippen LogP) is 5.48. The fourth-order valence-corrected chi connectivity index (χ4v) is 10.4. The highest BCUT2D eigenvalue weighted by molar-refractivity contribution is 5.15. The van der Waals surface area contributed by atoms with Gasteiger partial charge in [-0.3, -0.25) is 0 Å².